The molecule has 6 heteroatoms. The van der Waals surface area contributed by atoms with Crippen LogP contribution >= 0.6 is 0 Å². The Kier molecular flexibility index (Phi) is 12.6. The average molecular weight is 727 g/mol. The summed E-state index contributed by atoms with van der Waals surface area (Å²) in [7, 11) is 0. The van der Waals surface area contributed by atoms with E-state index < -0.39 is 0 Å². The van der Waals surface area contributed by atoms with Crippen LogP contribution in [0, 0.1) is 0 Å². The number of nitrogens with two attached hydrogens (primary N) is 1. The molecule has 0 spiro atoms. The van der Waals surface area contributed by atoms with Crippen molar-refractivity contribution in [3.05, 3.63) is 136 Å². The van der Waals surface area contributed by atoms with E-state index in [4.69, 9.17) is 10.6 Å². The second-order valence-corrected chi connectivity index (χ2v) is 16.0. The number of ketones is 1. The van der Waals surface area contributed by atoms with Crippen LogP contribution in [-0.2, 0) is 26.9 Å². The third-order valence-corrected chi connectivity index (χ3v) is 11.4. The monoisotopic (exact) mass is 726 g/mol. The SMILES string of the molecule is CCCN1/C(=C\C=C2/CCCC(/C=C/C3=[N+](CCC)c4ccccc4C3(C)C)=C2Oc2ccc(CC(=O)CCCCON)cc2)C(C)(C)c2ccccc21. The molecule has 3 aromatic carbocycles. The maximum absolute atomic E-state index is 12.6. The molecule has 0 atom stereocenters. The van der Waals surface area contributed by atoms with Gasteiger partial charge < -0.3 is 14.5 Å². The van der Waals surface area contributed by atoms with Gasteiger partial charge in [0.25, 0.3) is 0 Å². The molecule has 0 saturated heterocycles. The van der Waals surface area contributed by atoms with Gasteiger partial charge in [0, 0.05) is 60.3 Å². The van der Waals surface area contributed by atoms with Gasteiger partial charge in [-0.15, -0.1) is 0 Å². The van der Waals surface area contributed by atoms with Crippen LogP contribution in [0.25, 0.3) is 0 Å². The number of carbonyl (C=O) groups excluding carboxylic acids is 1. The molecule has 6 nitrogen and oxygen atoms in total. The van der Waals surface area contributed by atoms with Crippen molar-refractivity contribution in [3.8, 4) is 5.75 Å². The van der Waals surface area contributed by atoms with E-state index in [1.807, 2.05) is 24.3 Å². The largest absolute Gasteiger partial charge is 0.457 e. The van der Waals surface area contributed by atoms with Gasteiger partial charge in [-0.25, -0.2) is 5.90 Å². The summed E-state index contributed by atoms with van der Waals surface area (Å²) >= 11 is 0. The highest BCUT2D eigenvalue weighted by atomic mass is 16.6. The molecule has 0 aromatic heterocycles. The van der Waals surface area contributed by atoms with E-state index in [-0.39, 0.29) is 16.6 Å². The van der Waals surface area contributed by atoms with Gasteiger partial charge in [-0.2, -0.15) is 4.58 Å². The number of para-hydroxylation sites is 2. The predicted octanol–water partition coefficient (Wildman–Crippen LogP) is 10.7. The highest BCUT2D eigenvalue weighted by Crippen LogP contribution is 2.48. The summed E-state index contributed by atoms with van der Waals surface area (Å²) in [5.41, 5.74) is 11.2. The van der Waals surface area contributed by atoms with Gasteiger partial charge in [0.15, 0.2) is 5.71 Å². The van der Waals surface area contributed by atoms with E-state index in [1.54, 1.807) is 0 Å². The number of fused-ring (bicyclic) bond motifs is 2. The summed E-state index contributed by atoms with van der Waals surface area (Å²) in [6.07, 6.45) is 16.9. The third kappa shape index (κ3) is 8.25. The summed E-state index contributed by atoms with van der Waals surface area (Å²) in [5, 5.41) is 0. The van der Waals surface area contributed by atoms with Crippen LogP contribution < -0.4 is 15.5 Å². The molecule has 3 aromatic rings. The van der Waals surface area contributed by atoms with E-state index in [1.165, 1.54) is 45.1 Å². The van der Waals surface area contributed by atoms with Crippen LogP contribution in [0.2, 0.25) is 0 Å². The number of hydrogen-bond donors (Lipinski definition) is 1. The number of hydrogen-bond acceptors (Lipinski definition) is 5. The van der Waals surface area contributed by atoms with Crippen molar-refractivity contribution in [3.63, 3.8) is 0 Å². The van der Waals surface area contributed by atoms with E-state index in [9.17, 15) is 4.79 Å². The summed E-state index contributed by atoms with van der Waals surface area (Å²) < 4.78 is 9.43. The zero-order chi connectivity index (χ0) is 38.3. The number of benzene rings is 3. The summed E-state index contributed by atoms with van der Waals surface area (Å²) in [4.78, 5) is 19.8. The molecule has 2 heterocycles. The molecule has 54 heavy (non-hydrogen) atoms. The molecular weight excluding hydrogens is 667 g/mol. The molecular formula is C48H60N3O3+. The van der Waals surface area contributed by atoms with Gasteiger partial charge in [-0.3, -0.25) is 4.79 Å². The Morgan fingerprint density at radius 1 is 0.852 bits per heavy atom. The Morgan fingerprint density at radius 2 is 1.59 bits per heavy atom. The first-order chi connectivity index (χ1) is 26.1. The molecule has 0 fully saturated rings. The van der Waals surface area contributed by atoms with Crippen molar-refractivity contribution in [2.75, 3.05) is 24.6 Å². The highest BCUT2D eigenvalue weighted by Gasteiger charge is 2.44. The second-order valence-electron chi connectivity index (χ2n) is 16.0. The minimum absolute atomic E-state index is 0.112. The molecule has 2 aliphatic heterocycles. The minimum atomic E-state index is -0.112. The van der Waals surface area contributed by atoms with Crippen molar-refractivity contribution in [2.24, 2.45) is 5.90 Å². The maximum Gasteiger partial charge on any atom is 0.209 e. The predicted molar refractivity (Wildman–Crippen MR) is 223 cm³/mol. The van der Waals surface area contributed by atoms with Gasteiger partial charge in [0.1, 0.15) is 23.8 Å². The number of anilines is 1. The van der Waals surface area contributed by atoms with Crippen LogP contribution in [-0.4, -0.2) is 35.8 Å². The smallest absolute Gasteiger partial charge is 0.209 e. The van der Waals surface area contributed by atoms with Crippen molar-refractivity contribution < 1.29 is 18.9 Å². The first-order valence-corrected chi connectivity index (χ1v) is 20.1. The van der Waals surface area contributed by atoms with Gasteiger partial charge in [0.2, 0.25) is 5.69 Å². The molecule has 0 amide bonds. The standard InChI is InChI=1S/C48H60N3O3/c1-7-31-50-42-21-11-9-19-40(42)47(3,4)44(50)29-25-36-16-15-17-37(26-30-45-48(5,6)41-20-10-12-22-43(41)51(45)32-8-2)46(36)54-39-27-23-35(24-28-39)34-38(52)18-13-14-33-53-49/h9-12,19-30H,7-8,13-18,31-34,49H2,1-6H3/q+1. The van der Waals surface area contributed by atoms with E-state index >= 15 is 0 Å². The van der Waals surface area contributed by atoms with E-state index in [2.05, 4.69) is 129 Å². The van der Waals surface area contributed by atoms with Crippen LogP contribution in [0.5, 0.6) is 5.75 Å². The summed E-state index contributed by atoms with van der Waals surface area (Å²) in [6.45, 7) is 16.3. The number of Topliss-reactive ketones (excluding diaryl/α,β-unsaturated/α-hetero) is 1. The Labute approximate surface area is 323 Å². The Hall–Kier alpha value is -4.52. The summed E-state index contributed by atoms with van der Waals surface area (Å²) in [5.74, 6) is 7.07. The molecule has 6 rings (SSSR count). The van der Waals surface area contributed by atoms with E-state index in [0.29, 0.717) is 19.4 Å². The lowest BCUT2D eigenvalue weighted by Gasteiger charge is -2.27. The zero-order valence-corrected chi connectivity index (χ0v) is 33.4. The van der Waals surface area contributed by atoms with Gasteiger partial charge in [0.05, 0.1) is 12.0 Å². The van der Waals surface area contributed by atoms with Crippen molar-refractivity contribution in [1.29, 1.82) is 0 Å². The van der Waals surface area contributed by atoms with Crippen LogP contribution in [0.3, 0.4) is 0 Å². The lowest BCUT2D eigenvalue weighted by atomic mass is 9.81. The van der Waals surface area contributed by atoms with Crippen LogP contribution in [0.4, 0.5) is 11.4 Å². The molecule has 0 radical (unpaired) electrons. The molecule has 0 unspecified atom stereocenters. The fraction of sp³-hybridized carbons (Fsp3) is 0.417. The quantitative estimate of drug-likeness (QED) is 0.0904. The van der Waals surface area contributed by atoms with Gasteiger partial charge in [-0.05, 0) is 105 Å². The number of ether oxygens (including phenoxy) is 1. The molecule has 0 saturated carbocycles. The zero-order valence-electron chi connectivity index (χ0n) is 33.4. The topological polar surface area (TPSA) is 67.8 Å². The normalized spacial score (nSPS) is 19.0. The number of unbranched alkanes of at least 4 members (excludes halogenated alkanes) is 1. The van der Waals surface area contributed by atoms with Crippen molar-refractivity contribution in [1.82, 2.24) is 0 Å². The molecule has 1 aliphatic carbocycles. The van der Waals surface area contributed by atoms with Crippen molar-refractivity contribution in [2.45, 2.75) is 110 Å². The average Bonchev–Trinajstić information content (AvgIpc) is 3.51. The van der Waals surface area contributed by atoms with Gasteiger partial charge >= 0.3 is 0 Å². The third-order valence-electron chi connectivity index (χ3n) is 11.4. The fourth-order valence-electron chi connectivity index (χ4n) is 8.54. The highest BCUT2D eigenvalue weighted by molar-refractivity contribution is 6.03. The summed E-state index contributed by atoms with van der Waals surface area (Å²) in [6, 6.07) is 25.8. The van der Waals surface area contributed by atoms with Crippen LogP contribution in [0.1, 0.15) is 110 Å². The molecule has 0 bridgehead atoms. The molecule has 284 valence electrons. The molecule has 3 aliphatic rings. The molecule has 2 N–H and O–H groups in total. The second kappa shape index (κ2) is 17.3. The van der Waals surface area contributed by atoms with Gasteiger partial charge in [-0.1, -0.05) is 82.3 Å². The Balaban J connectivity index is 1.37. The maximum atomic E-state index is 12.6. The fourth-order valence-corrected chi connectivity index (χ4v) is 8.54. The minimum Gasteiger partial charge on any atom is -0.457 e. The van der Waals surface area contributed by atoms with Crippen LogP contribution in [0.15, 0.2) is 120 Å². The first kappa shape index (κ1) is 39.2. The first-order valence-electron chi connectivity index (χ1n) is 20.1. The number of nitrogens with zero attached hydrogens (tertiary/aromatic N) is 2. The number of carbonyl (C=O) groups is 1. The number of rotatable bonds is 16. The van der Waals surface area contributed by atoms with Crippen molar-refractivity contribution >= 4 is 22.9 Å². The number of allylic oxidation sites excluding steroid dienone is 7. The Morgan fingerprint density at radius 3 is 2.33 bits per heavy atom. The Bertz CT molecular complexity index is 1980. The lowest BCUT2D eigenvalue weighted by Crippen LogP contribution is -2.28. The van der Waals surface area contributed by atoms with E-state index in [0.717, 1.165) is 75.1 Å². The lowest BCUT2D eigenvalue weighted by molar-refractivity contribution is -0.437.